The van der Waals surface area contributed by atoms with Crippen LogP contribution in [0.2, 0.25) is 5.02 Å². The summed E-state index contributed by atoms with van der Waals surface area (Å²) in [4.78, 5) is 14.9. The van der Waals surface area contributed by atoms with Gasteiger partial charge in [0, 0.05) is 5.02 Å². The van der Waals surface area contributed by atoms with Gasteiger partial charge >= 0.3 is 0 Å². The number of rotatable bonds is 6. The number of unbranched alkanes of at least 4 members (excludes halogenated alkanes) is 1. The smallest absolute Gasteiger partial charge is 0.141 e. The first-order valence-electron chi connectivity index (χ1n) is 4.79. The minimum Gasteiger partial charge on any atom is -0.506 e. The third-order valence-electron chi connectivity index (χ3n) is 1.82. The van der Waals surface area contributed by atoms with Gasteiger partial charge in [-0.25, -0.2) is 4.79 Å². The SMILES string of the molecule is O=C=CCCCONc1cc(Cl)ccc1O. The molecule has 0 spiro atoms. The molecule has 0 atom stereocenters. The van der Waals surface area contributed by atoms with Crippen molar-refractivity contribution in [3.05, 3.63) is 29.3 Å². The molecule has 0 aromatic heterocycles. The zero-order valence-corrected chi connectivity index (χ0v) is 9.33. The second-order valence-electron chi connectivity index (χ2n) is 3.08. The highest BCUT2D eigenvalue weighted by molar-refractivity contribution is 6.30. The summed E-state index contributed by atoms with van der Waals surface area (Å²) in [5.41, 5.74) is 3.00. The van der Waals surface area contributed by atoms with Gasteiger partial charge in [-0.1, -0.05) is 11.6 Å². The molecule has 4 nitrogen and oxygen atoms in total. The lowest BCUT2D eigenvalue weighted by Gasteiger charge is -2.08. The van der Waals surface area contributed by atoms with Crippen molar-refractivity contribution >= 4 is 23.2 Å². The Kier molecular flexibility index (Phi) is 5.43. The standard InChI is InChI=1S/C11H12ClNO3/c12-9-4-5-11(15)10(8-9)13-16-7-3-1-2-6-14/h2,4-5,8,13,15H,1,3,7H2. The zero-order valence-electron chi connectivity index (χ0n) is 8.57. The van der Waals surface area contributed by atoms with Crippen molar-refractivity contribution in [3.8, 4) is 5.75 Å². The fourth-order valence-corrected chi connectivity index (χ4v) is 1.21. The first-order valence-corrected chi connectivity index (χ1v) is 5.17. The molecular formula is C11H12ClNO3. The lowest BCUT2D eigenvalue weighted by atomic mass is 10.3. The Balaban J connectivity index is 2.31. The number of anilines is 1. The van der Waals surface area contributed by atoms with Crippen molar-refractivity contribution in [1.29, 1.82) is 0 Å². The van der Waals surface area contributed by atoms with Gasteiger partial charge in [-0.05, 0) is 37.1 Å². The van der Waals surface area contributed by atoms with Gasteiger partial charge in [0.1, 0.15) is 17.4 Å². The summed E-state index contributed by atoms with van der Waals surface area (Å²) in [7, 11) is 0. The maximum Gasteiger partial charge on any atom is 0.141 e. The van der Waals surface area contributed by atoms with Crippen LogP contribution in [0, 0.1) is 0 Å². The fourth-order valence-electron chi connectivity index (χ4n) is 1.04. The molecule has 1 rings (SSSR count). The van der Waals surface area contributed by atoms with Crippen LogP contribution in [0.1, 0.15) is 12.8 Å². The first kappa shape index (κ1) is 12.6. The van der Waals surface area contributed by atoms with Crippen LogP contribution in [0.15, 0.2) is 24.3 Å². The largest absolute Gasteiger partial charge is 0.506 e. The predicted octanol–water partition coefficient (Wildman–Crippen LogP) is 2.56. The zero-order chi connectivity index (χ0) is 11.8. The lowest BCUT2D eigenvalue weighted by Crippen LogP contribution is -2.02. The molecule has 0 aliphatic rings. The van der Waals surface area contributed by atoms with Crippen LogP contribution in [-0.2, 0) is 9.63 Å². The van der Waals surface area contributed by atoms with E-state index < -0.39 is 0 Å². The maximum atomic E-state index is 9.86. The molecule has 1 aromatic carbocycles. The Bertz CT molecular complexity index is 389. The highest BCUT2D eigenvalue weighted by Gasteiger charge is 2.00. The molecule has 0 fully saturated rings. The highest BCUT2D eigenvalue weighted by Crippen LogP contribution is 2.26. The van der Waals surface area contributed by atoms with Crippen molar-refractivity contribution in [2.75, 3.05) is 12.1 Å². The Morgan fingerprint density at radius 1 is 1.56 bits per heavy atom. The molecular weight excluding hydrogens is 230 g/mol. The molecule has 16 heavy (non-hydrogen) atoms. The Morgan fingerprint density at radius 3 is 3.12 bits per heavy atom. The highest BCUT2D eigenvalue weighted by atomic mass is 35.5. The van der Waals surface area contributed by atoms with Gasteiger partial charge in [-0.3, -0.25) is 10.3 Å². The van der Waals surface area contributed by atoms with Gasteiger partial charge in [0.2, 0.25) is 0 Å². The Hall–Kier alpha value is -1.48. The third-order valence-corrected chi connectivity index (χ3v) is 2.05. The summed E-state index contributed by atoms with van der Waals surface area (Å²) in [6.07, 6.45) is 2.72. The summed E-state index contributed by atoms with van der Waals surface area (Å²) in [6, 6.07) is 4.61. The number of phenolic OH excluding ortho intramolecular Hbond substituents is 1. The van der Waals surface area contributed by atoms with Crippen molar-refractivity contribution in [3.63, 3.8) is 0 Å². The summed E-state index contributed by atoms with van der Waals surface area (Å²) >= 11 is 5.74. The summed E-state index contributed by atoms with van der Waals surface area (Å²) in [5.74, 6) is 1.75. The molecule has 0 bridgehead atoms. The molecule has 0 saturated heterocycles. The number of benzene rings is 1. The average Bonchev–Trinajstić information content (AvgIpc) is 2.28. The molecule has 2 N–H and O–H groups in total. The number of nitrogens with one attached hydrogen (secondary N) is 1. The monoisotopic (exact) mass is 241 g/mol. The van der Waals surface area contributed by atoms with Crippen LogP contribution in [0.4, 0.5) is 5.69 Å². The van der Waals surface area contributed by atoms with E-state index >= 15 is 0 Å². The second-order valence-corrected chi connectivity index (χ2v) is 3.51. The molecule has 0 unspecified atom stereocenters. The van der Waals surface area contributed by atoms with E-state index in [0.29, 0.717) is 30.2 Å². The minimum atomic E-state index is 0.0668. The van der Waals surface area contributed by atoms with Crippen molar-refractivity contribution in [1.82, 2.24) is 0 Å². The average molecular weight is 242 g/mol. The van der Waals surface area contributed by atoms with E-state index in [-0.39, 0.29) is 5.75 Å². The van der Waals surface area contributed by atoms with Crippen molar-refractivity contribution in [2.24, 2.45) is 0 Å². The van der Waals surface area contributed by atoms with Gasteiger partial charge in [0.25, 0.3) is 0 Å². The van der Waals surface area contributed by atoms with Gasteiger partial charge in [0.05, 0.1) is 6.61 Å². The fraction of sp³-hybridized carbons (Fsp3) is 0.273. The molecule has 0 aliphatic heterocycles. The number of hydrogen-bond donors (Lipinski definition) is 2. The molecule has 0 radical (unpaired) electrons. The van der Waals surface area contributed by atoms with Crippen molar-refractivity contribution < 1.29 is 14.7 Å². The predicted molar refractivity (Wildman–Crippen MR) is 62.2 cm³/mol. The quantitative estimate of drug-likeness (QED) is 0.348. The summed E-state index contributed by atoms with van der Waals surface area (Å²) < 4.78 is 0. The third kappa shape index (κ3) is 4.36. The number of phenols is 1. The van der Waals surface area contributed by atoms with Crippen LogP contribution < -0.4 is 5.48 Å². The summed E-state index contributed by atoms with van der Waals surface area (Å²) in [5, 5.41) is 9.92. The van der Waals surface area contributed by atoms with E-state index in [1.54, 1.807) is 18.1 Å². The van der Waals surface area contributed by atoms with Gasteiger partial charge in [0.15, 0.2) is 0 Å². The number of halogens is 1. The lowest BCUT2D eigenvalue weighted by molar-refractivity contribution is 0.190. The number of carbonyl (C=O) groups excluding carboxylic acids is 1. The molecule has 0 aliphatic carbocycles. The van der Waals surface area contributed by atoms with Crippen LogP contribution in [0.5, 0.6) is 5.75 Å². The van der Waals surface area contributed by atoms with Crippen LogP contribution in [0.25, 0.3) is 0 Å². The minimum absolute atomic E-state index is 0.0668. The number of hydrogen-bond acceptors (Lipinski definition) is 4. The first-order chi connectivity index (χ1) is 7.74. The topological polar surface area (TPSA) is 58.6 Å². The van der Waals surface area contributed by atoms with Gasteiger partial charge in [-0.15, -0.1) is 0 Å². The Morgan fingerprint density at radius 2 is 2.38 bits per heavy atom. The molecule has 5 heteroatoms. The van der Waals surface area contributed by atoms with E-state index in [9.17, 15) is 9.90 Å². The molecule has 0 heterocycles. The molecule has 86 valence electrons. The van der Waals surface area contributed by atoms with Crippen molar-refractivity contribution in [2.45, 2.75) is 12.8 Å². The van der Waals surface area contributed by atoms with Crippen LogP contribution in [0.3, 0.4) is 0 Å². The number of allylic oxidation sites excluding steroid dienone is 1. The van der Waals surface area contributed by atoms with Crippen LogP contribution in [-0.4, -0.2) is 17.7 Å². The second kappa shape index (κ2) is 6.90. The van der Waals surface area contributed by atoms with E-state index in [1.807, 2.05) is 0 Å². The van der Waals surface area contributed by atoms with E-state index in [4.69, 9.17) is 16.4 Å². The number of aromatic hydroxyl groups is 1. The summed E-state index contributed by atoms with van der Waals surface area (Å²) in [6.45, 7) is 0.421. The van der Waals surface area contributed by atoms with Gasteiger partial charge < -0.3 is 5.11 Å². The van der Waals surface area contributed by atoms with E-state index in [2.05, 4.69) is 5.48 Å². The van der Waals surface area contributed by atoms with Crippen LogP contribution >= 0.6 is 11.6 Å². The molecule has 0 amide bonds. The van der Waals surface area contributed by atoms with Gasteiger partial charge in [-0.2, -0.15) is 0 Å². The molecule has 1 aromatic rings. The normalized spacial score (nSPS) is 9.56. The van der Waals surface area contributed by atoms with E-state index in [1.165, 1.54) is 12.1 Å². The van der Waals surface area contributed by atoms with E-state index in [0.717, 1.165) is 0 Å². The Labute approximate surface area is 98.4 Å². The molecule has 0 saturated carbocycles. The maximum absolute atomic E-state index is 9.86.